The van der Waals surface area contributed by atoms with E-state index in [1.807, 2.05) is 6.07 Å². The van der Waals surface area contributed by atoms with Gasteiger partial charge in [0.05, 0.1) is 11.8 Å². The van der Waals surface area contributed by atoms with Gasteiger partial charge in [0.1, 0.15) is 0 Å². The minimum absolute atomic E-state index is 0.000788. The van der Waals surface area contributed by atoms with Crippen LogP contribution in [0.3, 0.4) is 0 Å². The lowest BCUT2D eigenvalue weighted by Gasteiger charge is -2.38. The number of hydrogen-bond acceptors (Lipinski definition) is 5. The highest BCUT2D eigenvalue weighted by Crippen LogP contribution is 2.70. The van der Waals surface area contributed by atoms with E-state index in [9.17, 15) is 18.0 Å². The summed E-state index contributed by atoms with van der Waals surface area (Å²) in [5, 5.41) is 2.62. The van der Waals surface area contributed by atoms with Crippen molar-refractivity contribution < 1.29 is 22.7 Å². The number of alkyl carbamates (subject to hydrolysis) is 1. The van der Waals surface area contributed by atoms with Crippen molar-refractivity contribution in [3.63, 3.8) is 0 Å². The molecule has 0 unspecified atom stereocenters. The van der Waals surface area contributed by atoms with Gasteiger partial charge in [0.2, 0.25) is 10.0 Å². The fraction of sp³-hybridized carbons (Fsp3) is 0.619. The zero-order chi connectivity index (χ0) is 20.8. The fourth-order valence-electron chi connectivity index (χ4n) is 6.51. The summed E-state index contributed by atoms with van der Waals surface area (Å²) in [6, 6.07) is 8.63. The maximum absolute atomic E-state index is 13.8. The molecular formula is C21H26N2O5S. The number of nitrogens with zero attached hydrogens (tertiary/aromatic N) is 1. The number of hydrogen-bond donors (Lipinski definition) is 1. The Morgan fingerprint density at radius 2 is 1.90 bits per heavy atom. The van der Waals surface area contributed by atoms with Gasteiger partial charge in [-0.1, -0.05) is 44.2 Å². The van der Waals surface area contributed by atoms with Crippen molar-refractivity contribution in [3.8, 4) is 0 Å². The Morgan fingerprint density at radius 3 is 2.55 bits per heavy atom. The molecule has 4 aliphatic rings. The number of carbonyl (C=O) groups is 2. The predicted molar refractivity (Wildman–Crippen MR) is 105 cm³/mol. The van der Waals surface area contributed by atoms with Gasteiger partial charge in [-0.25, -0.2) is 17.5 Å². The molecule has 2 aliphatic heterocycles. The SMILES string of the molecule is CC1(C)[C@@H]2CC[C@]13CS(=O)(=O)N(C(=O)[C@]1(C)NC(=O)O[C@H]1c1ccccc1)[C@@H]3C2. The Bertz CT molecular complexity index is 1010. The van der Waals surface area contributed by atoms with Crippen molar-refractivity contribution in [2.45, 2.75) is 57.7 Å². The topological polar surface area (TPSA) is 92.8 Å². The summed E-state index contributed by atoms with van der Waals surface area (Å²) in [5.41, 5.74) is -1.37. The summed E-state index contributed by atoms with van der Waals surface area (Å²) < 4.78 is 33.1. The van der Waals surface area contributed by atoms with Crippen LogP contribution in [0.2, 0.25) is 0 Å². The second kappa shape index (κ2) is 5.53. The van der Waals surface area contributed by atoms with Crippen LogP contribution in [-0.2, 0) is 19.6 Å². The smallest absolute Gasteiger partial charge is 0.408 e. The maximum Gasteiger partial charge on any atom is 0.408 e. The molecule has 1 spiro atoms. The van der Waals surface area contributed by atoms with Crippen LogP contribution >= 0.6 is 0 Å². The second-order valence-corrected chi connectivity index (χ2v) is 11.6. The Kier molecular flexibility index (Phi) is 3.61. The predicted octanol–water partition coefficient (Wildman–Crippen LogP) is 2.59. The van der Waals surface area contributed by atoms with Crippen molar-refractivity contribution in [3.05, 3.63) is 35.9 Å². The van der Waals surface area contributed by atoms with E-state index in [1.165, 1.54) is 0 Å². The lowest BCUT2D eigenvalue weighted by molar-refractivity contribution is -0.137. The highest BCUT2D eigenvalue weighted by molar-refractivity contribution is 7.90. The summed E-state index contributed by atoms with van der Waals surface area (Å²) in [6.45, 7) is 5.85. The van der Waals surface area contributed by atoms with Gasteiger partial charge in [-0.3, -0.25) is 4.79 Å². The third kappa shape index (κ3) is 2.21. The summed E-state index contributed by atoms with van der Waals surface area (Å²) in [4.78, 5) is 25.9. The van der Waals surface area contributed by atoms with Gasteiger partial charge >= 0.3 is 6.09 Å². The number of ether oxygens (including phenoxy) is 1. The van der Waals surface area contributed by atoms with Crippen molar-refractivity contribution in [1.29, 1.82) is 0 Å². The van der Waals surface area contributed by atoms with E-state index in [-0.39, 0.29) is 17.2 Å². The van der Waals surface area contributed by atoms with Crippen LogP contribution in [0.4, 0.5) is 4.79 Å². The van der Waals surface area contributed by atoms with E-state index < -0.39 is 39.1 Å². The first-order valence-corrected chi connectivity index (χ1v) is 11.7. The Labute approximate surface area is 170 Å². The number of carbonyl (C=O) groups excluding carboxylic acids is 2. The Morgan fingerprint density at radius 1 is 1.21 bits per heavy atom. The Balaban J connectivity index is 1.57. The Hall–Kier alpha value is -2.09. The molecule has 2 aliphatic carbocycles. The monoisotopic (exact) mass is 418 g/mol. The summed E-state index contributed by atoms with van der Waals surface area (Å²) in [5.74, 6) is -0.186. The van der Waals surface area contributed by atoms with Crippen LogP contribution in [0.15, 0.2) is 30.3 Å². The third-order valence-corrected chi connectivity index (χ3v) is 10.2. The molecule has 5 rings (SSSR count). The molecule has 2 amide bonds. The number of nitrogens with one attached hydrogen (secondary N) is 1. The molecule has 1 N–H and O–H groups in total. The van der Waals surface area contributed by atoms with Gasteiger partial charge in [-0.2, -0.15) is 0 Å². The molecule has 7 nitrogen and oxygen atoms in total. The first kappa shape index (κ1) is 18.9. The van der Waals surface area contributed by atoms with Gasteiger partial charge in [0, 0.05) is 5.41 Å². The van der Waals surface area contributed by atoms with Gasteiger partial charge in [0.25, 0.3) is 5.91 Å². The quantitative estimate of drug-likeness (QED) is 0.797. The highest BCUT2D eigenvalue weighted by atomic mass is 32.2. The minimum Gasteiger partial charge on any atom is -0.438 e. The van der Waals surface area contributed by atoms with Crippen LogP contribution in [0, 0.1) is 16.7 Å². The van der Waals surface area contributed by atoms with Crippen molar-refractivity contribution in [2.75, 3.05) is 5.75 Å². The van der Waals surface area contributed by atoms with E-state index in [4.69, 9.17) is 4.74 Å². The lowest BCUT2D eigenvalue weighted by Crippen LogP contribution is -2.58. The van der Waals surface area contributed by atoms with Crippen LogP contribution in [0.1, 0.15) is 51.7 Å². The zero-order valence-electron chi connectivity index (χ0n) is 16.8. The first-order chi connectivity index (χ1) is 13.5. The molecule has 1 aromatic carbocycles. The number of amides is 2. The van der Waals surface area contributed by atoms with E-state index in [0.29, 0.717) is 17.9 Å². The van der Waals surface area contributed by atoms with Crippen LogP contribution < -0.4 is 5.32 Å². The van der Waals surface area contributed by atoms with E-state index >= 15 is 0 Å². The standard InChI is InChI=1S/C21H26N2O5S/c1-19(2)14-9-10-21(19)12-29(26,27)23(15(21)11-14)17(24)20(3)16(28-18(25)22-20)13-7-5-4-6-8-13/h4-8,14-16H,9-12H2,1-3H3,(H,22,25)/t14-,15-,16+,20-,21-/m1/s1. The number of rotatable bonds is 2. The molecule has 4 fully saturated rings. The number of sulfonamides is 1. The largest absolute Gasteiger partial charge is 0.438 e. The summed E-state index contributed by atoms with van der Waals surface area (Å²) >= 11 is 0. The molecule has 2 bridgehead atoms. The molecule has 2 heterocycles. The summed E-state index contributed by atoms with van der Waals surface area (Å²) in [6.07, 6.45) is 0.917. The van der Waals surface area contributed by atoms with Crippen molar-refractivity contribution in [1.82, 2.24) is 9.62 Å². The normalized spacial score (nSPS) is 41.1. The third-order valence-electron chi connectivity index (χ3n) is 8.27. The summed E-state index contributed by atoms with van der Waals surface area (Å²) in [7, 11) is -3.78. The number of benzene rings is 1. The molecule has 0 aromatic heterocycles. The minimum atomic E-state index is -3.78. The molecule has 156 valence electrons. The molecule has 2 saturated heterocycles. The average Bonchev–Trinajstić information content (AvgIpc) is 3.25. The zero-order valence-corrected chi connectivity index (χ0v) is 17.7. The lowest BCUT2D eigenvalue weighted by atomic mass is 9.69. The molecule has 5 atom stereocenters. The van der Waals surface area contributed by atoms with E-state index in [2.05, 4.69) is 19.2 Å². The van der Waals surface area contributed by atoms with Gasteiger partial charge in [-0.15, -0.1) is 0 Å². The van der Waals surface area contributed by atoms with Gasteiger partial charge in [0.15, 0.2) is 11.6 Å². The van der Waals surface area contributed by atoms with Crippen molar-refractivity contribution >= 4 is 22.0 Å². The molecule has 2 saturated carbocycles. The van der Waals surface area contributed by atoms with Gasteiger partial charge < -0.3 is 10.1 Å². The highest BCUT2D eigenvalue weighted by Gasteiger charge is 2.73. The molecular weight excluding hydrogens is 392 g/mol. The number of fused-ring (bicyclic) bond motifs is 1. The molecule has 1 aromatic rings. The molecule has 29 heavy (non-hydrogen) atoms. The van der Waals surface area contributed by atoms with Crippen LogP contribution in [0.25, 0.3) is 0 Å². The van der Waals surface area contributed by atoms with Crippen molar-refractivity contribution in [2.24, 2.45) is 16.7 Å². The molecule has 8 heteroatoms. The van der Waals surface area contributed by atoms with Crippen LogP contribution in [0.5, 0.6) is 0 Å². The van der Waals surface area contributed by atoms with Crippen LogP contribution in [-0.4, -0.2) is 42.1 Å². The van der Waals surface area contributed by atoms with E-state index in [0.717, 1.165) is 17.1 Å². The maximum atomic E-state index is 13.8. The fourth-order valence-corrected chi connectivity index (χ4v) is 9.13. The van der Waals surface area contributed by atoms with E-state index in [1.54, 1.807) is 31.2 Å². The number of cyclic esters (lactones) is 1. The average molecular weight is 419 g/mol. The molecule has 0 radical (unpaired) electrons. The second-order valence-electron chi connectivity index (χ2n) is 9.75. The first-order valence-electron chi connectivity index (χ1n) is 10.1. The van der Waals surface area contributed by atoms with Gasteiger partial charge in [-0.05, 0) is 43.1 Å².